The lowest BCUT2D eigenvalue weighted by Crippen LogP contribution is -2.49. The van der Waals surface area contributed by atoms with Crippen molar-refractivity contribution >= 4 is 27.3 Å². The van der Waals surface area contributed by atoms with E-state index in [-0.39, 0.29) is 17.7 Å². The van der Waals surface area contributed by atoms with E-state index in [9.17, 15) is 13.2 Å². The van der Waals surface area contributed by atoms with Crippen LogP contribution >= 0.6 is 0 Å². The van der Waals surface area contributed by atoms with E-state index in [0.29, 0.717) is 30.8 Å². The van der Waals surface area contributed by atoms with Crippen LogP contribution in [0.15, 0.2) is 42.5 Å². The molecule has 160 valence electrons. The number of carbonyl (C=O) groups excluding carboxylic acids is 1. The molecular weight excluding hydrogens is 398 g/mol. The van der Waals surface area contributed by atoms with Gasteiger partial charge in [-0.3, -0.25) is 9.10 Å². The van der Waals surface area contributed by atoms with Gasteiger partial charge in [0, 0.05) is 43.5 Å². The first kappa shape index (κ1) is 20.7. The van der Waals surface area contributed by atoms with Crippen LogP contribution in [0.25, 0.3) is 0 Å². The second-order valence-electron chi connectivity index (χ2n) is 8.37. The second kappa shape index (κ2) is 7.95. The van der Waals surface area contributed by atoms with Crippen LogP contribution in [-0.2, 0) is 10.0 Å². The monoisotopic (exact) mass is 427 g/mol. The second-order valence-corrected chi connectivity index (χ2v) is 10.3. The molecule has 0 aliphatic carbocycles. The van der Waals surface area contributed by atoms with Crippen molar-refractivity contribution in [3.8, 4) is 0 Å². The summed E-state index contributed by atoms with van der Waals surface area (Å²) in [5, 5.41) is 0. The van der Waals surface area contributed by atoms with Crippen molar-refractivity contribution in [3.63, 3.8) is 0 Å². The van der Waals surface area contributed by atoms with Crippen molar-refractivity contribution in [3.05, 3.63) is 59.2 Å². The fraction of sp³-hybridized carbons (Fsp3) is 0.435. The van der Waals surface area contributed by atoms with Gasteiger partial charge in [0.15, 0.2) is 0 Å². The lowest BCUT2D eigenvalue weighted by molar-refractivity contribution is 0.0747. The maximum absolute atomic E-state index is 13.0. The number of carbonyl (C=O) groups is 1. The minimum Gasteiger partial charge on any atom is -0.368 e. The average Bonchev–Trinajstić information content (AvgIpc) is 3.00. The Bertz CT molecular complexity index is 1040. The fourth-order valence-corrected chi connectivity index (χ4v) is 6.40. The Morgan fingerprint density at radius 1 is 0.967 bits per heavy atom. The molecule has 2 aliphatic heterocycles. The molecule has 2 fully saturated rings. The third-order valence-corrected chi connectivity index (χ3v) is 8.04. The molecule has 2 aromatic carbocycles. The molecule has 2 heterocycles. The first-order valence-electron chi connectivity index (χ1n) is 10.5. The third kappa shape index (κ3) is 3.90. The number of nitrogens with zero attached hydrogens (tertiary/aromatic N) is 3. The summed E-state index contributed by atoms with van der Waals surface area (Å²) < 4.78 is 26.0. The molecule has 4 rings (SSSR count). The highest BCUT2D eigenvalue weighted by atomic mass is 32.2. The minimum atomic E-state index is -3.25. The highest BCUT2D eigenvalue weighted by molar-refractivity contribution is 7.93. The van der Waals surface area contributed by atoms with E-state index in [1.165, 1.54) is 21.1 Å². The molecular formula is C23H29N3O3S. The van der Waals surface area contributed by atoms with Gasteiger partial charge in [-0.25, -0.2) is 8.42 Å². The molecule has 0 bridgehead atoms. The molecule has 1 atom stereocenters. The molecule has 30 heavy (non-hydrogen) atoms. The number of amides is 1. The van der Waals surface area contributed by atoms with Gasteiger partial charge in [0.2, 0.25) is 10.0 Å². The number of rotatable bonds is 3. The lowest BCUT2D eigenvalue weighted by atomic mass is 10.1. The van der Waals surface area contributed by atoms with E-state index in [2.05, 4.69) is 36.9 Å². The summed E-state index contributed by atoms with van der Waals surface area (Å²) in [6, 6.07) is 13.4. The van der Waals surface area contributed by atoms with E-state index in [1.807, 2.05) is 11.8 Å². The van der Waals surface area contributed by atoms with Gasteiger partial charge in [-0.1, -0.05) is 17.7 Å². The highest BCUT2D eigenvalue weighted by Gasteiger charge is 2.34. The molecule has 0 unspecified atom stereocenters. The van der Waals surface area contributed by atoms with Crippen LogP contribution < -0.4 is 9.21 Å². The van der Waals surface area contributed by atoms with Crippen molar-refractivity contribution in [2.75, 3.05) is 41.1 Å². The molecule has 2 aliphatic rings. The van der Waals surface area contributed by atoms with Crippen LogP contribution in [0.4, 0.5) is 11.4 Å². The van der Waals surface area contributed by atoms with Crippen LogP contribution in [0.3, 0.4) is 0 Å². The minimum absolute atomic E-state index is 0.000782. The summed E-state index contributed by atoms with van der Waals surface area (Å²) in [4.78, 5) is 17.2. The lowest BCUT2D eigenvalue weighted by Gasteiger charge is -2.37. The quantitative estimate of drug-likeness (QED) is 0.755. The van der Waals surface area contributed by atoms with E-state index in [1.54, 1.807) is 24.3 Å². The van der Waals surface area contributed by atoms with E-state index in [0.717, 1.165) is 13.1 Å². The largest absolute Gasteiger partial charge is 0.368 e. The summed E-state index contributed by atoms with van der Waals surface area (Å²) in [6.07, 6.45) is 0.633. The fourth-order valence-electron chi connectivity index (χ4n) is 4.47. The van der Waals surface area contributed by atoms with Gasteiger partial charge in [0.25, 0.3) is 5.91 Å². The Balaban J connectivity index is 1.42. The molecule has 1 amide bonds. The molecule has 0 spiro atoms. The van der Waals surface area contributed by atoms with Crippen LogP contribution in [0, 0.1) is 13.8 Å². The Kier molecular flexibility index (Phi) is 5.49. The first-order valence-corrected chi connectivity index (χ1v) is 12.1. The summed E-state index contributed by atoms with van der Waals surface area (Å²) in [5.41, 5.74) is 4.98. The number of hydrogen-bond acceptors (Lipinski definition) is 4. The normalized spacial score (nSPS) is 21.2. The molecule has 7 heteroatoms. The Hall–Kier alpha value is -2.54. The van der Waals surface area contributed by atoms with Crippen molar-refractivity contribution in [1.29, 1.82) is 0 Å². The van der Waals surface area contributed by atoms with E-state index >= 15 is 0 Å². The maximum Gasteiger partial charge on any atom is 0.253 e. The van der Waals surface area contributed by atoms with Gasteiger partial charge in [-0.2, -0.15) is 0 Å². The molecule has 6 nitrogen and oxygen atoms in total. The van der Waals surface area contributed by atoms with Crippen LogP contribution in [0.1, 0.15) is 34.8 Å². The summed E-state index contributed by atoms with van der Waals surface area (Å²) in [6.45, 7) is 9.09. The summed E-state index contributed by atoms with van der Waals surface area (Å²) in [7, 11) is -3.25. The number of piperazine rings is 1. The number of benzene rings is 2. The molecule has 2 aromatic rings. The predicted molar refractivity (Wildman–Crippen MR) is 121 cm³/mol. The smallest absolute Gasteiger partial charge is 0.253 e. The van der Waals surface area contributed by atoms with Gasteiger partial charge in [-0.15, -0.1) is 0 Å². The van der Waals surface area contributed by atoms with Crippen LogP contribution in [-0.4, -0.2) is 57.2 Å². The third-order valence-electron chi connectivity index (χ3n) is 6.12. The first-order chi connectivity index (χ1) is 14.3. The molecule has 0 aromatic heterocycles. The molecule has 0 N–H and O–H groups in total. The Morgan fingerprint density at radius 2 is 1.63 bits per heavy atom. The van der Waals surface area contributed by atoms with Gasteiger partial charge in [0.1, 0.15) is 0 Å². The SMILES string of the molecule is Cc1ccc(N2CCN(C(=O)c3ccc(N4[C@H](C)CCS4(=O)=O)cc3)CC2)c(C)c1. The summed E-state index contributed by atoms with van der Waals surface area (Å²) >= 11 is 0. The zero-order valence-electron chi connectivity index (χ0n) is 17.8. The van der Waals surface area contributed by atoms with Crippen molar-refractivity contribution in [2.45, 2.75) is 33.2 Å². The standard InChI is InChI=1S/C23H29N3O3S/c1-17-4-9-22(18(2)16-17)24-11-13-25(14-12-24)23(27)20-5-7-21(8-6-20)26-19(3)10-15-30(26,28)29/h4-9,16,19H,10-15H2,1-3H3/t19-/m1/s1. The number of sulfonamides is 1. The highest BCUT2D eigenvalue weighted by Crippen LogP contribution is 2.29. The van der Waals surface area contributed by atoms with Crippen molar-refractivity contribution in [2.24, 2.45) is 0 Å². The van der Waals surface area contributed by atoms with Gasteiger partial charge in [0.05, 0.1) is 11.4 Å². The Labute approximate surface area is 179 Å². The Morgan fingerprint density at radius 3 is 2.20 bits per heavy atom. The number of anilines is 2. The molecule has 0 saturated carbocycles. The zero-order chi connectivity index (χ0) is 21.5. The average molecular weight is 428 g/mol. The zero-order valence-corrected chi connectivity index (χ0v) is 18.7. The van der Waals surface area contributed by atoms with Gasteiger partial charge in [-0.05, 0) is 63.1 Å². The maximum atomic E-state index is 13.0. The predicted octanol–water partition coefficient (Wildman–Crippen LogP) is 3.19. The van der Waals surface area contributed by atoms with Crippen LogP contribution in [0.5, 0.6) is 0 Å². The van der Waals surface area contributed by atoms with Crippen molar-refractivity contribution < 1.29 is 13.2 Å². The topological polar surface area (TPSA) is 60.9 Å². The molecule has 2 saturated heterocycles. The van der Waals surface area contributed by atoms with Gasteiger partial charge < -0.3 is 9.80 Å². The number of aryl methyl sites for hydroxylation is 2. The van der Waals surface area contributed by atoms with E-state index in [4.69, 9.17) is 0 Å². The summed E-state index contributed by atoms with van der Waals surface area (Å²) in [5.74, 6) is 0.179. The van der Waals surface area contributed by atoms with Gasteiger partial charge >= 0.3 is 0 Å². The molecule has 0 radical (unpaired) electrons. The van der Waals surface area contributed by atoms with Crippen LogP contribution in [0.2, 0.25) is 0 Å². The van der Waals surface area contributed by atoms with Crippen molar-refractivity contribution in [1.82, 2.24) is 4.90 Å². The van der Waals surface area contributed by atoms with E-state index < -0.39 is 10.0 Å². The number of hydrogen-bond donors (Lipinski definition) is 0.